The molecule has 2 fully saturated rings. The maximum Gasteiger partial charge on any atom is 0.405 e. The quantitative estimate of drug-likeness (QED) is 0.800. The van der Waals surface area contributed by atoms with Crippen LogP contribution >= 0.6 is 7.75 Å². The summed E-state index contributed by atoms with van der Waals surface area (Å²) in [6, 6.07) is 0. The normalized spacial score (nSPS) is 42.1. The monoisotopic (exact) mass is 275 g/mol. The van der Waals surface area contributed by atoms with Crippen molar-refractivity contribution in [2.75, 3.05) is 13.2 Å². The number of nitrogens with one attached hydrogen (secondary N) is 1. The van der Waals surface area contributed by atoms with Crippen LogP contribution in [0, 0.1) is 17.8 Å². The fourth-order valence-electron chi connectivity index (χ4n) is 3.00. The van der Waals surface area contributed by atoms with Crippen molar-refractivity contribution in [3.63, 3.8) is 0 Å². The lowest BCUT2D eigenvalue weighted by Gasteiger charge is -2.39. The summed E-state index contributed by atoms with van der Waals surface area (Å²) in [6.45, 7) is 7.97. The fraction of sp³-hybridized carbons (Fsp3) is 1.00. The summed E-state index contributed by atoms with van der Waals surface area (Å²) in [5, 5.41) is 2.93. The molecule has 1 saturated heterocycles. The van der Waals surface area contributed by atoms with E-state index < -0.39 is 7.75 Å². The molecule has 4 unspecified atom stereocenters. The summed E-state index contributed by atoms with van der Waals surface area (Å²) in [7, 11) is -3.04. The third kappa shape index (κ3) is 3.57. The summed E-state index contributed by atoms with van der Waals surface area (Å²) in [4.78, 5) is 0. The summed E-state index contributed by atoms with van der Waals surface area (Å²) in [6.07, 6.45) is 4.40. The minimum Gasteiger partial charge on any atom is -0.297 e. The second-order valence-corrected chi connectivity index (χ2v) is 7.84. The van der Waals surface area contributed by atoms with Crippen molar-refractivity contribution in [3.8, 4) is 0 Å². The highest BCUT2D eigenvalue weighted by atomic mass is 31.2. The Morgan fingerprint density at radius 2 is 2.17 bits per heavy atom. The SMILES string of the molecule is CC1CCC(C(C)C)C(OP2(=O)NCCCO2)C1. The van der Waals surface area contributed by atoms with Crippen molar-refractivity contribution in [1.82, 2.24) is 5.09 Å². The van der Waals surface area contributed by atoms with Gasteiger partial charge in [0.05, 0.1) is 12.7 Å². The highest BCUT2D eigenvalue weighted by molar-refractivity contribution is 7.51. The molecule has 106 valence electrons. The summed E-state index contributed by atoms with van der Waals surface area (Å²) >= 11 is 0. The topological polar surface area (TPSA) is 47.6 Å². The van der Waals surface area contributed by atoms with Crippen molar-refractivity contribution in [2.24, 2.45) is 17.8 Å². The fourth-order valence-corrected chi connectivity index (χ4v) is 4.63. The molecule has 0 aromatic rings. The van der Waals surface area contributed by atoms with Gasteiger partial charge in [0, 0.05) is 6.54 Å². The molecule has 18 heavy (non-hydrogen) atoms. The van der Waals surface area contributed by atoms with E-state index in [2.05, 4.69) is 25.9 Å². The van der Waals surface area contributed by atoms with E-state index in [1.165, 1.54) is 12.8 Å². The van der Waals surface area contributed by atoms with Gasteiger partial charge in [-0.2, -0.15) is 0 Å². The molecule has 2 rings (SSSR count). The average Bonchev–Trinajstić information content (AvgIpc) is 2.28. The van der Waals surface area contributed by atoms with E-state index in [9.17, 15) is 4.57 Å². The van der Waals surface area contributed by atoms with Crippen LogP contribution in [-0.2, 0) is 13.6 Å². The molecule has 5 heteroatoms. The lowest BCUT2D eigenvalue weighted by atomic mass is 9.75. The first-order valence-electron chi connectivity index (χ1n) is 7.18. The molecule has 0 radical (unpaired) electrons. The average molecular weight is 275 g/mol. The summed E-state index contributed by atoms with van der Waals surface area (Å²) in [5.74, 6) is 1.72. The van der Waals surface area contributed by atoms with Gasteiger partial charge in [-0.05, 0) is 37.0 Å². The highest BCUT2D eigenvalue weighted by Crippen LogP contribution is 2.50. The zero-order valence-corrected chi connectivity index (χ0v) is 12.6. The van der Waals surface area contributed by atoms with Crippen molar-refractivity contribution >= 4 is 7.75 Å². The van der Waals surface area contributed by atoms with Gasteiger partial charge in [-0.25, -0.2) is 9.65 Å². The van der Waals surface area contributed by atoms with Crippen molar-refractivity contribution in [2.45, 2.75) is 52.6 Å². The molecular weight excluding hydrogens is 249 g/mol. The molecule has 0 bridgehead atoms. The Morgan fingerprint density at radius 1 is 1.39 bits per heavy atom. The second-order valence-electron chi connectivity index (χ2n) is 6.06. The summed E-state index contributed by atoms with van der Waals surface area (Å²) in [5.41, 5.74) is 0. The smallest absolute Gasteiger partial charge is 0.297 e. The van der Waals surface area contributed by atoms with E-state index in [1.54, 1.807) is 0 Å². The maximum absolute atomic E-state index is 12.4. The lowest BCUT2D eigenvalue weighted by Crippen LogP contribution is -2.36. The maximum atomic E-state index is 12.4. The highest BCUT2D eigenvalue weighted by Gasteiger charge is 2.38. The van der Waals surface area contributed by atoms with Gasteiger partial charge in [0.1, 0.15) is 0 Å². The molecule has 4 atom stereocenters. The molecule has 1 N–H and O–H groups in total. The van der Waals surface area contributed by atoms with Crippen molar-refractivity contribution in [1.29, 1.82) is 0 Å². The van der Waals surface area contributed by atoms with Crippen LogP contribution in [0.4, 0.5) is 0 Å². The molecule has 4 nitrogen and oxygen atoms in total. The van der Waals surface area contributed by atoms with E-state index in [0.717, 1.165) is 19.4 Å². The van der Waals surface area contributed by atoms with Gasteiger partial charge in [0.25, 0.3) is 0 Å². The van der Waals surface area contributed by atoms with E-state index in [1.807, 2.05) is 0 Å². The van der Waals surface area contributed by atoms with Gasteiger partial charge in [-0.15, -0.1) is 0 Å². The van der Waals surface area contributed by atoms with Gasteiger partial charge in [-0.3, -0.25) is 9.05 Å². The minimum absolute atomic E-state index is 0.0742. The largest absolute Gasteiger partial charge is 0.405 e. The number of hydrogen-bond donors (Lipinski definition) is 1. The van der Waals surface area contributed by atoms with Gasteiger partial charge >= 0.3 is 7.75 Å². The summed E-state index contributed by atoms with van der Waals surface area (Å²) < 4.78 is 23.7. The predicted molar refractivity (Wildman–Crippen MR) is 72.4 cm³/mol. The predicted octanol–water partition coefficient (Wildman–Crippen LogP) is 3.58. The molecule has 0 spiro atoms. The zero-order valence-electron chi connectivity index (χ0n) is 11.7. The van der Waals surface area contributed by atoms with E-state index in [4.69, 9.17) is 9.05 Å². The van der Waals surface area contributed by atoms with Crippen LogP contribution < -0.4 is 5.09 Å². The standard InChI is InChI=1S/C13H26NO3P/c1-10(2)12-6-5-11(3)9-13(12)17-18(15)14-7-4-8-16-18/h10-13H,4-9H2,1-3H3,(H,14,15). The van der Waals surface area contributed by atoms with Gasteiger partial charge in [0.15, 0.2) is 0 Å². The molecule has 1 aliphatic heterocycles. The minimum atomic E-state index is -3.04. The number of rotatable bonds is 3. The van der Waals surface area contributed by atoms with Crippen LogP contribution in [-0.4, -0.2) is 19.3 Å². The molecular formula is C13H26NO3P. The van der Waals surface area contributed by atoms with Gasteiger partial charge < -0.3 is 0 Å². The molecule has 1 saturated carbocycles. The molecule has 2 aliphatic rings. The Bertz CT molecular complexity index is 311. The number of hydrogen-bond acceptors (Lipinski definition) is 3. The van der Waals surface area contributed by atoms with Gasteiger partial charge in [-0.1, -0.05) is 27.2 Å². The lowest BCUT2D eigenvalue weighted by molar-refractivity contribution is 0.0257. The molecule has 1 aliphatic carbocycles. The molecule has 0 amide bonds. The van der Waals surface area contributed by atoms with E-state index in [0.29, 0.717) is 24.4 Å². The van der Waals surface area contributed by atoms with Gasteiger partial charge in [0.2, 0.25) is 0 Å². The van der Waals surface area contributed by atoms with Crippen LogP contribution in [0.15, 0.2) is 0 Å². The van der Waals surface area contributed by atoms with E-state index >= 15 is 0 Å². The van der Waals surface area contributed by atoms with Crippen molar-refractivity contribution < 1.29 is 13.6 Å². The Hall–Kier alpha value is 0.110. The first-order chi connectivity index (χ1) is 8.50. The zero-order chi connectivity index (χ0) is 13.2. The van der Waals surface area contributed by atoms with Crippen LogP contribution in [0.2, 0.25) is 0 Å². The van der Waals surface area contributed by atoms with Crippen molar-refractivity contribution in [3.05, 3.63) is 0 Å². The molecule has 0 aromatic heterocycles. The molecule has 0 aromatic carbocycles. The molecule has 1 heterocycles. The first-order valence-corrected chi connectivity index (χ1v) is 8.72. The Morgan fingerprint density at radius 3 is 2.78 bits per heavy atom. The van der Waals surface area contributed by atoms with Crippen LogP contribution in [0.5, 0.6) is 0 Å². The van der Waals surface area contributed by atoms with Crippen LogP contribution in [0.25, 0.3) is 0 Å². The first kappa shape index (κ1) is 14.5. The van der Waals surface area contributed by atoms with Crippen LogP contribution in [0.3, 0.4) is 0 Å². The Kier molecular flexibility index (Phi) is 4.87. The van der Waals surface area contributed by atoms with E-state index in [-0.39, 0.29) is 6.10 Å². The van der Waals surface area contributed by atoms with Crippen LogP contribution in [0.1, 0.15) is 46.5 Å². The Balaban J connectivity index is 2.01. The third-order valence-electron chi connectivity index (χ3n) is 4.12. The Labute approximate surface area is 110 Å². The third-order valence-corrected chi connectivity index (χ3v) is 5.81. The second kappa shape index (κ2) is 6.04.